The second-order valence-corrected chi connectivity index (χ2v) is 6.92. The van der Waals surface area contributed by atoms with Crippen molar-refractivity contribution < 1.29 is 9.59 Å². The van der Waals surface area contributed by atoms with Gasteiger partial charge in [-0.2, -0.15) is 0 Å². The van der Waals surface area contributed by atoms with Crippen LogP contribution in [0.2, 0.25) is 0 Å². The van der Waals surface area contributed by atoms with E-state index in [2.05, 4.69) is 10.3 Å². The molecule has 134 valence electrons. The molecule has 1 atom stereocenters. The van der Waals surface area contributed by atoms with Crippen molar-refractivity contribution in [2.24, 2.45) is 0 Å². The number of aromatic nitrogens is 1. The van der Waals surface area contributed by atoms with Crippen molar-refractivity contribution in [2.45, 2.75) is 37.8 Å². The van der Waals surface area contributed by atoms with Gasteiger partial charge in [-0.1, -0.05) is 30.3 Å². The lowest BCUT2D eigenvalue weighted by atomic mass is 10.1. The van der Waals surface area contributed by atoms with Crippen LogP contribution >= 0.6 is 0 Å². The maximum Gasteiger partial charge on any atom is 0.261 e. The molecule has 26 heavy (non-hydrogen) atoms. The number of amides is 2. The van der Waals surface area contributed by atoms with Gasteiger partial charge in [-0.05, 0) is 43.4 Å². The van der Waals surface area contributed by atoms with Crippen LogP contribution in [0.5, 0.6) is 0 Å². The molecular weight excluding hydrogens is 330 g/mol. The number of hydrogen-bond acceptors (Lipinski definition) is 3. The van der Waals surface area contributed by atoms with E-state index in [0.29, 0.717) is 18.7 Å². The quantitative estimate of drug-likeness (QED) is 0.883. The van der Waals surface area contributed by atoms with E-state index in [1.165, 1.54) is 4.90 Å². The Bertz CT molecular complexity index is 887. The molecule has 6 heteroatoms. The molecule has 1 saturated heterocycles. The number of carbonyl (C=O) groups excluding carboxylic acids is 2. The zero-order valence-corrected chi connectivity index (χ0v) is 14.4. The summed E-state index contributed by atoms with van der Waals surface area (Å²) in [5.41, 5.74) is 1.20. The number of H-pyrrole nitrogens is 1. The smallest absolute Gasteiger partial charge is 0.261 e. The highest BCUT2D eigenvalue weighted by Crippen LogP contribution is 2.23. The molecule has 2 heterocycles. The van der Waals surface area contributed by atoms with Crippen molar-refractivity contribution in [3.8, 4) is 11.3 Å². The molecule has 2 aromatic rings. The summed E-state index contributed by atoms with van der Waals surface area (Å²) in [6, 6.07) is 12.5. The molecule has 1 aliphatic carbocycles. The minimum Gasteiger partial charge on any atom is -0.352 e. The summed E-state index contributed by atoms with van der Waals surface area (Å²) in [5, 5.41) is 2.96. The number of rotatable bonds is 4. The normalized spacial score (nSPS) is 19.4. The van der Waals surface area contributed by atoms with Gasteiger partial charge < -0.3 is 15.2 Å². The van der Waals surface area contributed by atoms with Gasteiger partial charge in [0.15, 0.2) is 0 Å². The average molecular weight is 351 g/mol. The monoisotopic (exact) mass is 351 g/mol. The summed E-state index contributed by atoms with van der Waals surface area (Å²) < 4.78 is 0. The van der Waals surface area contributed by atoms with E-state index in [4.69, 9.17) is 0 Å². The van der Waals surface area contributed by atoms with Crippen LogP contribution in [0.1, 0.15) is 36.0 Å². The van der Waals surface area contributed by atoms with Crippen molar-refractivity contribution in [1.82, 2.24) is 15.2 Å². The first-order valence-corrected chi connectivity index (χ1v) is 9.03. The van der Waals surface area contributed by atoms with E-state index in [1.54, 1.807) is 12.1 Å². The number of aromatic amines is 1. The molecule has 0 bridgehead atoms. The predicted octanol–water partition coefficient (Wildman–Crippen LogP) is 1.93. The summed E-state index contributed by atoms with van der Waals surface area (Å²) in [7, 11) is 0. The molecule has 2 amide bonds. The summed E-state index contributed by atoms with van der Waals surface area (Å²) in [6.07, 6.45) is 3.43. The molecular formula is C20H21N3O3. The summed E-state index contributed by atoms with van der Waals surface area (Å²) in [4.78, 5) is 42.0. The van der Waals surface area contributed by atoms with Crippen LogP contribution in [0.15, 0.2) is 47.3 Å². The van der Waals surface area contributed by atoms with Crippen LogP contribution in [-0.2, 0) is 4.79 Å². The van der Waals surface area contributed by atoms with Gasteiger partial charge in [0.25, 0.3) is 11.5 Å². The first-order chi connectivity index (χ1) is 12.6. The third kappa shape index (κ3) is 3.27. The molecule has 4 rings (SSSR count). The number of likely N-dealkylation sites (tertiary alicyclic amines) is 1. The number of nitrogens with one attached hydrogen (secondary N) is 2. The van der Waals surface area contributed by atoms with E-state index in [1.807, 2.05) is 30.3 Å². The number of benzene rings is 1. The van der Waals surface area contributed by atoms with Gasteiger partial charge in [-0.25, -0.2) is 0 Å². The Kier molecular flexibility index (Phi) is 4.32. The molecule has 1 aromatic heterocycles. The Labute approximate surface area is 151 Å². The lowest BCUT2D eigenvalue weighted by molar-refractivity contribution is -0.125. The minimum absolute atomic E-state index is 0.0794. The van der Waals surface area contributed by atoms with Gasteiger partial charge in [-0.15, -0.1) is 0 Å². The number of nitrogens with zero attached hydrogens (tertiary/aromatic N) is 1. The van der Waals surface area contributed by atoms with Crippen LogP contribution in [0.3, 0.4) is 0 Å². The first kappa shape index (κ1) is 16.6. The van der Waals surface area contributed by atoms with Crippen molar-refractivity contribution >= 4 is 11.8 Å². The SMILES string of the molecule is O=C(NC1CC1)C1CCCN1C(=O)c1ccc(-c2ccccc2)[nH]c1=O. The second kappa shape index (κ2) is 6.78. The fourth-order valence-corrected chi connectivity index (χ4v) is 3.39. The van der Waals surface area contributed by atoms with Crippen LogP contribution in [0, 0.1) is 0 Å². The van der Waals surface area contributed by atoms with E-state index in [0.717, 1.165) is 24.8 Å². The lowest BCUT2D eigenvalue weighted by Crippen LogP contribution is -2.47. The van der Waals surface area contributed by atoms with Crippen molar-refractivity contribution in [2.75, 3.05) is 6.54 Å². The zero-order valence-electron chi connectivity index (χ0n) is 14.4. The Morgan fingerprint density at radius 1 is 1.04 bits per heavy atom. The maximum atomic E-state index is 12.9. The summed E-state index contributed by atoms with van der Waals surface area (Å²) >= 11 is 0. The topological polar surface area (TPSA) is 82.3 Å². The number of pyridine rings is 1. The van der Waals surface area contributed by atoms with Crippen LogP contribution < -0.4 is 10.9 Å². The van der Waals surface area contributed by atoms with Gasteiger partial charge in [0, 0.05) is 18.3 Å². The summed E-state index contributed by atoms with van der Waals surface area (Å²) in [6.45, 7) is 0.501. The van der Waals surface area contributed by atoms with E-state index in [9.17, 15) is 14.4 Å². The van der Waals surface area contributed by atoms with Gasteiger partial charge in [0.05, 0.1) is 0 Å². The van der Waals surface area contributed by atoms with E-state index >= 15 is 0 Å². The highest BCUT2D eigenvalue weighted by Gasteiger charge is 2.37. The highest BCUT2D eigenvalue weighted by atomic mass is 16.2. The van der Waals surface area contributed by atoms with Gasteiger partial charge >= 0.3 is 0 Å². The third-order valence-corrected chi connectivity index (χ3v) is 4.96. The maximum absolute atomic E-state index is 12.9. The Balaban J connectivity index is 1.55. The lowest BCUT2D eigenvalue weighted by Gasteiger charge is -2.23. The Morgan fingerprint density at radius 3 is 2.50 bits per heavy atom. The number of hydrogen-bond donors (Lipinski definition) is 2. The number of carbonyl (C=O) groups is 2. The zero-order chi connectivity index (χ0) is 18.1. The molecule has 2 fully saturated rings. The second-order valence-electron chi connectivity index (χ2n) is 6.92. The fourth-order valence-electron chi connectivity index (χ4n) is 3.39. The standard InChI is InChI=1S/C20H21N3O3/c24-18-15(10-11-16(22-18)13-5-2-1-3-6-13)20(26)23-12-4-7-17(23)19(25)21-14-8-9-14/h1-3,5-6,10-11,14,17H,4,7-9,12H2,(H,21,25)(H,22,24). The van der Waals surface area contributed by atoms with Crippen LogP contribution in [0.4, 0.5) is 0 Å². The summed E-state index contributed by atoms with van der Waals surface area (Å²) in [5.74, 6) is -0.477. The van der Waals surface area contributed by atoms with Gasteiger partial charge in [-0.3, -0.25) is 14.4 Å². The predicted molar refractivity (Wildman–Crippen MR) is 97.7 cm³/mol. The molecule has 2 N–H and O–H groups in total. The molecule has 1 saturated carbocycles. The van der Waals surface area contributed by atoms with Crippen molar-refractivity contribution in [3.05, 3.63) is 58.4 Å². The molecule has 6 nitrogen and oxygen atoms in total. The molecule has 1 unspecified atom stereocenters. The molecule has 0 radical (unpaired) electrons. The minimum atomic E-state index is -0.476. The van der Waals surface area contributed by atoms with Gasteiger partial charge in [0.2, 0.25) is 5.91 Å². The molecule has 1 aliphatic heterocycles. The Morgan fingerprint density at radius 2 is 1.81 bits per heavy atom. The van der Waals surface area contributed by atoms with Crippen molar-refractivity contribution in [1.29, 1.82) is 0 Å². The Hall–Kier alpha value is -2.89. The third-order valence-electron chi connectivity index (χ3n) is 4.96. The molecule has 2 aliphatic rings. The molecule has 1 aromatic carbocycles. The average Bonchev–Trinajstić information content (AvgIpc) is 3.33. The van der Waals surface area contributed by atoms with Crippen molar-refractivity contribution in [3.63, 3.8) is 0 Å². The van der Waals surface area contributed by atoms with Crippen LogP contribution in [0.25, 0.3) is 11.3 Å². The van der Waals surface area contributed by atoms with E-state index < -0.39 is 11.6 Å². The highest BCUT2D eigenvalue weighted by molar-refractivity contribution is 5.98. The largest absolute Gasteiger partial charge is 0.352 e. The fraction of sp³-hybridized carbons (Fsp3) is 0.350. The van der Waals surface area contributed by atoms with E-state index in [-0.39, 0.29) is 23.4 Å². The van der Waals surface area contributed by atoms with Crippen LogP contribution in [-0.4, -0.2) is 40.3 Å². The molecule has 0 spiro atoms. The first-order valence-electron chi connectivity index (χ1n) is 9.03. The van der Waals surface area contributed by atoms with Gasteiger partial charge in [0.1, 0.15) is 11.6 Å².